The van der Waals surface area contributed by atoms with E-state index < -0.39 is 14.6 Å². The average molecular weight is 348 g/mol. The molecule has 1 aromatic carbocycles. The maximum Gasteiger partial charge on any atom is 0.251 e. The van der Waals surface area contributed by atoms with Gasteiger partial charge in [-0.25, -0.2) is 8.42 Å². The summed E-state index contributed by atoms with van der Waals surface area (Å²) in [4.78, 5) is 12.1. The highest BCUT2D eigenvalue weighted by molar-refractivity contribution is 9.10. The van der Waals surface area contributed by atoms with Crippen molar-refractivity contribution in [3.8, 4) is 0 Å². The van der Waals surface area contributed by atoms with Crippen LogP contribution in [0.25, 0.3) is 0 Å². The summed E-state index contributed by atoms with van der Waals surface area (Å²) in [5.41, 5.74) is 1.37. The molecule has 106 valence electrons. The van der Waals surface area contributed by atoms with Crippen LogP contribution in [-0.4, -0.2) is 31.9 Å². The highest BCUT2D eigenvalue weighted by atomic mass is 79.9. The van der Waals surface area contributed by atoms with Crippen molar-refractivity contribution in [2.24, 2.45) is 0 Å². The Morgan fingerprint density at radius 1 is 1.37 bits per heavy atom. The Morgan fingerprint density at radius 3 is 2.47 bits per heavy atom. The van der Waals surface area contributed by atoms with Crippen LogP contribution in [0.1, 0.15) is 29.8 Å². The number of nitrogens with one attached hydrogen (secondary N) is 1. The van der Waals surface area contributed by atoms with Gasteiger partial charge in [0, 0.05) is 22.8 Å². The fraction of sp³-hybridized carbons (Fsp3) is 0.462. The first-order valence-electron chi connectivity index (χ1n) is 5.79. The van der Waals surface area contributed by atoms with Gasteiger partial charge in [0.05, 0.1) is 4.75 Å². The Labute approximate surface area is 122 Å². The first-order chi connectivity index (χ1) is 8.56. The molecule has 0 radical (unpaired) electrons. The van der Waals surface area contributed by atoms with E-state index in [4.69, 9.17) is 0 Å². The van der Waals surface area contributed by atoms with Gasteiger partial charge >= 0.3 is 0 Å². The van der Waals surface area contributed by atoms with E-state index in [0.717, 1.165) is 10.0 Å². The van der Waals surface area contributed by atoms with Crippen molar-refractivity contribution in [1.29, 1.82) is 0 Å². The van der Waals surface area contributed by atoms with Crippen molar-refractivity contribution in [3.63, 3.8) is 0 Å². The van der Waals surface area contributed by atoms with Crippen molar-refractivity contribution in [2.75, 3.05) is 12.8 Å². The molecule has 1 aromatic rings. The van der Waals surface area contributed by atoms with Crippen molar-refractivity contribution >= 4 is 31.7 Å². The molecule has 19 heavy (non-hydrogen) atoms. The molecule has 0 aliphatic carbocycles. The minimum atomic E-state index is -3.22. The van der Waals surface area contributed by atoms with E-state index >= 15 is 0 Å². The van der Waals surface area contributed by atoms with Crippen LogP contribution in [0.5, 0.6) is 0 Å². The van der Waals surface area contributed by atoms with E-state index in [1.54, 1.807) is 26.0 Å². The Hall–Kier alpha value is -0.880. The van der Waals surface area contributed by atoms with Crippen LogP contribution in [-0.2, 0) is 9.84 Å². The molecule has 0 unspecified atom stereocenters. The molecule has 0 aromatic heterocycles. The number of carbonyl (C=O) groups excluding carboxylic acids is 1. The van der Waals surface area contributed by atoms with Gasteiger partial charge in [0.25, 0.3) is 5.91 Å². The van der Waals surface area contributed by atoms with Crippen molar-refractivity contribution in [1.82, 2.24) is 5.32 Å². The van der Waals surface area contributed by atoms with Gasteiger partial charge in [0.1, 0.15) is 0 Å². The van der Waals surface area contributed by atoms with Gasteiger partial charge in [0.15, 0.2) is 9.84 Å². The minimum absolute atomic E-state index is 0.0800. The van der Waals surface area contributed by atoms with Crippen molar-refractivity contribution in [2.45, 2.75) is 25.5 Å². The molecular formula is C13H18BrNO3S. The molecule has 0 saturated heterocycles. The molecule has 0 heterocycles. The first-order valence-corrected chi connectivity index (χ1v) is 8.47. The zero-order valence-electron chi connectivity index (χ0n) is 11.5. The smallest absolute Gasteiger partial charge is 0.251 e. The average Bonchev–Trinajstić information content (AvgIpc) is 2.28. The van der Waals surface area contributed by atoms with Crippen LogP contribution >= 0.6 is 15.9 Å². The van der Waals surface area contributed by atoms with E-state index in [1.807, 2.05) is 13.0 Å². The molecule has 4 nitrogen and oxygen atoms in total. The molecule has 1 rings (SSSR count). The van der Waals surface area contributed by atoms with Crippen molar-refractivity contribution in [3.05, 3.63) is 33.8 Å². The second-order valence-electron chi connectivity index (χ2n) is 5.13. The molecule has 0 saturated carbocycles. The second kappa shape index (κ2) is 5.63. The molecule has 0 atom stereocenters. The number of sulfone groups is 1. The summed E-state index contributed by atoms with van der Waals surface area (Å²) in [5.74, 6) is -0.268. The van der Waals surface area contributed by atoms with E-state index in [2.05, 4.69) is 21.2 Å². The summed E-state index contributed by atoms with van der Waals surface area (Å²) in [5, 5.41) is 2.67. The summed E-state index contributed by atoms with van der Waals surface area (Å²) in [6, 6.07) is 5.34. The zero-order chi connectivity index (χ0) is 14.8. The molecule has 6 heteroatoms. The van der Waals surface area contributed by atoms with Crippen LogP contribution < -0.4 is 5.32 Å². The lowest BCUT2D eigenvalue weighted by atomic mass is 10.1. The Kier molecular flexibility index (Phi) is 4.79. The molecule has 0 bridgehead atoms. The largest absolute Gasteiger partial charge is 0.350 e. The van der Waals surface area contributed by atoms with Gasteiger partial charge in [0.2, 0.25) is 0 Å². The number of carbonyl (C=O) groups is 1. The van der Waals surface area contributed by atoms with Crippen LogP contribution in [0.3, 0.4) is 0 Å². The summed E-state index contributed by atoms with van der Waals surface area (Å²) in [7, 11) is -3.22. The predicted octanol–water partition coefficient (Wildman–Crippen LogP) is 2.31. The van der Waals surface area contributed by atoms with Gasteiger partial charge in [-0.2, -0.15) is 0 Å². The molecule has 0 aliphatic rings. The number of benzene rings is 1. The summed E-state index contributed by atoms with van der Waals surface area (Å²) in [6.45, 7) is 5.10. The topological polar surface area (TPSA) is 63.2 Å². The van der Waals surface area contributed by atoms with Gasteiger partial charge < -0.3 is 5.32 Å². The SMILES string of the molecule is Cc1c(Br)cccc1C(=O)NCC(C)(C)S(C)(=O)=O. The summed E-state index contributed by atoms with van der Waals surface area (Å²) in [6.07, 6.45) is 1.17. The van der Waals surface area contributed by atoms with E-state index in [-0.39, 0.29) is 12.5 Å². The van der Waals surface area contributed by atoms with Gasteiger partial charge in [-0.1, -0.05) is 22.0 Å². The number of hydrogen-bond donors (Lipinski definition) is 1. The Morgan fingerprint density at radius 2 is 1.95 bits per heavy atom. The molecular weight excluding hydrogens is 330 g/mol. The van der Waals surface area contributed by atoms with E-state index in [9.17, 15) is 13.2 Å². The number of hydrogen-bond acceptors (Lipinski definition) is 3. The molecule has 0 spiro atoms. The first kappa shape index (κ1) is 16.2. The third kappa shape index (κ3) is 3.79. The normalized spacial score (nSPS) is 12.3. The van der Waals surface area contributed by atoms with E-state index in [1.165, 1.54) is 6.26 Å². The van der Waals surface area contributed by atoms with Crippen LogP contribution in [0.2, 0.25) is 0 Å². The van der Waals surface area contributed by atoms with Crippen LogP contribution in [0.4, 0.5) is 0 Å². The lowest BCUT2D eigenvalue weighted by Crippen LogP contribution is -2.43. The van der Waals surface area contributed by atoms with E-state index in [0.29, 0.717) is 5.56 Å². The lowest BCUT2D eigenvalue weighted by molar-refractivity contribution is 0.0950. The predicted molar refractivity (Wildman–Crippen MR) is 80.1 cm³/mol. The maximum atomic E-state index is 12.1. The Bertz CT molecular complexity index is 594. The monoisotopic (exact) mass is 347 g/mol. The quantitative estimate of drug-likeness (QED) is 0.908. The minimum Gasteiger partial charge on any atom is -0.350 e. The zero-order valence-corrected chi connectivity index (χ0v) is 13.9. The standard InChI is InChI=1S/C13H18BrNO3S/c1-9-10(6-5-7-11(9)14)12(16)15-8-13(2,3)19(4,17)18/h5-7H,8H2,1-4H3,(H,15,16). The van der Waals surface area contributed by atoms with Gasteiger partial charge in [-0.05, 0) is 38.5 Å². The Balaban J connectivity index is 2.85. The number of rotatable bonds is 4. The van der Waals surface area contributed by atoms with Gasteiger partial charge in [-0.3, -0.25) is 4.79 Å². The summed E-state index contributed by atoms with van der Waals surface area (Å²) >= 11 is 3.36. The summed E-state index contributed by atoms with van der Waals surface area (Å²) < 4.78 is 23.0. The second-order valence-corrected chi connectivity index (χ2v) is 8.63. The highest BCUT2D eigenvalue weighted by Crippen LogP contribution is 2.20. The lowest BCUT2D eigenvalue weighted by Gasteiger charge is -2.23. The molecule has 0 aliphatic heterocycles. The van der Waals surface area contributed by atoms with Crippen LogP contribution in [0.15, 0.2) is 22.7 Å². The maximum absolute atomic E-state index is 12.1. The third-order valence-electron chi connectivity index (χ3n) is 3.19. The molecule has 0 fully saturated rings. The third-order valence-corrected chi connectivity index (χ3v) is 6.20. The highest BCUT2D eigenvalue weighted by Gasteiger charge is 2.30. The number of amides is 1. The fourth-order valence-corrected chi connectivity index (χ4v) is 2.07. The molecule has 1 amide bonds. The van der Waals surface area contributed by atoms with Crippen LogP contribution in [0, 0.1) is 6.92 Å². The fourth-order valence-electron chi connectivity index (χ4n) is 1.37. The van der Waals surface area contributed by atoms with Crippen molar-refractivity contribution < 1.29 is 13.2 Å². The number of halogens is 1. The molecule has 1 N–H and O–H groups in total. The van der Waals surface area contributed by atoms with Gasteiger partial charge in [-0.15, -0.1) is 0 Å².